The van der Waals surface area contributed by atoms with Gasteiger partial charge in [-0.2, -0.15) is 5.10 Å². The van der Waals surface area contributed by atoms with Gasteiger partial charge in [0.05, 0.1) is 11.9 Å². The second kappa shape index (κ2) is 7.74. The second-order valence-electron chi connectivity index (χ2n) is 6.60. The summed E-state index contributed by atoms with van der Waals surface area (Å²) in [4.78, 5) is 8.61. The normalized spacial score (nSPS) is 12.2. The Morgan fingerprint density at radius 1 is 1.11 bits per heavy atom. The van der Waals surface area contributed by atoms with Crippen LogP contribution >= 0.6 is 0 Å². The van der Waals surface area contributed by atoms with Crippen LogP contribution in [0.25, 0.3) is 11.6 Å². The molecule has 28 heavy (non-hydrogen) atoms. The van der Waals surface area contributed by atoms with E-state index in [0.29, 0.717) is 18.2 Å². The van der Waals surface area contributed by atoms with E-state index in [2.05, 4.69) is 27.3 Å². The average Bonchev–Trinajstić information content (AvgIpc) is 3.33. The van der Waals surface area contributed by atoms with Crippen molar-refractivity contribution in [2.45, 2.75) is 26.4 Å². The zero-order chi connectivity index (χ0) is 19.5. The van der Waals surface area contributed by atoms with Crippen molar-refractivity contribution in [3.05, 3.63) is 90.0 Å². The van der Waals surface area contributed by atoms with Crippen LogP contribution in [0.4, 0.5) is 4.39 Å². The Labute approximate surface area is 162 Å². The van der Waals surface area contributed by atoms with E-state index in [0.717, 1.165) is 17.0 Å². The zero-order valence-corrected chi connectivity index (χ0v) is 15.7. The maximum atomic E-state index is 13.5. The molecule has 1 N–H and O–H groups in total. The molecular weight excluding hydrogens is 355 g/mol. The van der Waals surface area contributed by atoms with E-state index in [1.54, 1.807) is 29.2 Å². The van der Waals surface area contributed by atoms with Crippen LogP contribution in [-0.4, -0.2) is 24.3 Å². The van der Waals surface area contributed by atoms with E-state index in [4.69, 9.17) is 0 Å². The molecule has 3 heterocycles. The first-order chi connectivity index (χ1) is 13.6. The van der Waals surface area contributed by atoms with Crippen LogP contribution in [0, 0.1) is 12.7 Å². The van der Waals surface area contributed by atoms with Crippen LogP contribution in [-0.2, 0) is 6.54 Å². The van der Waals surface area contributed by atoms with Crippen LogP contribution in [0.15, 0.2) is 67.3 Å². The lowest BCUT2D eigenvalue weighted by Crippen LogP contribution is -2.20. The van der Waals surface area contributed by atoms with Crippen LogP contribution in [0.1, 0.15) is 29.9 Å². The molecule has 142 valence electrons. The highest BCUT2D eigenvalue weighted by atomic mass is 19.1. The van der Waals surface area contributed by atoms with Crippen molar-refractivity contribution in [3.8, 4) is 11.6 Å². The van der Waals surface area contributed by atoms with Crippen molar-refractivity contribution in [1.82, 2.24) is 29.6 Å². The summed E-state index contributed by atoms with van der Waals surface area (Å²) < 4.78 is 17.3. The average molecular weight is 376 g/mol. The molecule has 0 saturated carbocycles. The fourth-order valence-electron chi connectivity index (χ4n) is 3.25. The first-order valence-corrected chi connectivity index (χ1v) is 9.11. The van der Waals surface area contributed by atoms with E-state index >= 15 is 0 Å². The van der Waals surface area contributed by atoms with Crippen molar-refractivity contribution in [1.29, 1.82) is 0 Å². The predicted octanol–water partition coefficient (Wildman–Crippen LogP) is 3.75. The number of hydrogen-bond donors (Lipinski definition) is 1. The summed E-state index contributed by atoms with van der Waals surface area (Å²) in [5, 5.41) is 7.97. The minimum Gasteiger partial charge on any atom is -0.305 e. The van der Waals surface area contributed by atoms with E-state index in [1.807, 2.05) is 42.1 Å². The van der Waals surface area contributed by atoms with Gasteiger partial charge in [0.1, 0.15) is 5.82 Å². The maximum absolute atomic E-state index is 13.5. The number of nitrogens with one attached hydrogen (secondary N) is 1. The van der Waals surface area contributed by atoms with Crippen molar-refractivity contribution in [2.75, 3.05) is 0 Å². The molecule has 4 aromatic rings. The first kappa shape index (κ1) is 18.1. The van der Waals surface area contributed by atoms with E-state index in [9.17, 15) is 4.39 Å². The molecule has 0 aliphatic carbocycles. The molecule has 1 atom stereocenters. The van der Waals surface area contributed by atoms with Gasteiger partial charge >= 0.3 is 0 Å². The summed E-state index contributed by atoms with van der Waals surface area (Å²) in [6.07, 6.45) is 7.24. The Morgan fingerprint density at radius 2 is 1.93 bits per heavy atom. The summed E-state index contributed by atoms with van der Waals surface area (Å²) in [5.74, 6) is 0.371. The Kier molecular flexibility index (Phi) is 4.99. The van der Waals surface area contributed by atoms with E-state index in [1.165, 1.54) is 12.1 Å². The monoisotopic (exact) mass is 376 g/mol. The van der Waals surface area contributed by atoms with E-state index < -0.39 is 0 Å². The van der Waals surface area contributed by atoms with Gasteiger partial charge in [-0.3, -0.25) is 4.57 Å². The van der Waals surface area contributed by atoms with Gasteiger partial charge in [0.2, 0.25) is 5.95 Å². The molecule has 0 aliphatic heterocycles. The predicted molar refractivity (Wildman–Crippen MR) is 105 cm³/mol. The Hall–Kier alpha value is -3.32. The molecular formula is C21H21FN6. The molecule has 0 fully saturated rings. The SMILES string of the molecule is Cc1c(C(C)NCc2cccn2-c2ncccn2)cnn1-c1cccc(F)c1. The highest BCUT2D eigenvalue weighted by molar-refractivity contribution is 5.36. The molecule has 0 amide bonds. The summed E-state index contributed by atoms with van der Waals surface area (Å²) in [6, 6.07) is 12.3. The third kappa shape index (κ3) is 3.57. The third-order valence-electron chi connectivity index (χ3n) is 4.76. The van der Waals surface area contributed by atoms with Gasteiger partial charge in [-0.05, 0) is 50.2 Å². The molecule has 1 aromatic carbocycles. The number of rotatable bonds is 6. The Balaban J connectivity index is 1.50. The van der Waals surface area contributed by atoms with E-state index in [-0.39, 0.29) is 11.9 Å². The van der Waals surface area contributed by atoms with Crippen LogP contribution in [0.2, 0.25) is 0 Å². The van der Waals surface area contributed by atoms with Crippen LogP contribution in [0.3, 0.4) is 0 Å². The molecule has 0 bridgehead atoms. The van der Waals surface area contributed by atoms with Crippen LogP contribution < -0.4 is 5.32 Å². The fourth-order valence-corrected chi connectivity index (χ4v) is 3.25. The molecule has 4 rings (SSSR count). The number of halogens is 1. The lowest BCUT2D eigenvalue weighted by atomic mass is 10.1. The second-order valence-corrected chi connectivity index (χ2v) is 6.60. The molecule has 0 radical (unpaired) electrons. The van der Waals surface area contributed by atoms with Crippen molar-refractivity contribution >= 4 is 0 Å². The topological polar surface area (TPSA) is 60.6 Å². The molecule has 1 unspecified atom stereocenters. The van der Waals surface area contributed by atoms with Gasteiger partial charge in [0.15, 0.2) is 0 Å². The largest absolute Gasteiger partial charge is 0.305 e. The number of aromatic nitrogens is 5. The van der Waals surface area contributed by atoms with Crippen molar-refractivity contribution in [2.24, 2.45) is 0 Å². The summed E-state index contributed by atoms with van der Waals surface area (Å²) in [5.41, 5.74) is 3.82. The molecule has 7 heteroatoms. The van der Waals surface area contributed by atoms with Crippen molar-refractivity contribution in [3.63, 3.8) is 0 Å². The van der Waals surface area contributed by atoms with Gasteiger partial charge in [-0.1, -0.05) is 6.07 Å². The molecule has 0 spiro atoms. The Morgan fingerprint density at radius 3 is 2.71 bits per heavy atom. The van der Waals surface area contributed by atoms with Crippen LogP contribution in [0.5, 0.6) is 0 Å². The van der Waals surface area contributed by atoms with Gasteiger partial charge in [-0.25, -0.2) is 19.0 Å². The smallest absolute Gasteiger partial charge is 0.233 e. The van der Waals surface area contributed by atoms with Gasteiger partial charge in [0, 0.05) is 48.1 Å². The minimum absolute atomic E-state index is 0.0716. The van der Waals surface area contributed by atoms with Gasteiger partial charge in [0.25, 0.3) is 0 Å². The minimum atomic E-state index is -0.274. The number of benzene rings is 1. The number of nitrogens with zero attached hydrogens (tertiary/aromatic N) is 5. The highest BCUT2D eigenvalue weighted by Crippen LogP contribution is 2.21. The Bertz CT molecular complexity index is 1070. The standard InChI is InChI=1S/C21H21FN6/c1-15(20-14-26-28(16(20)2)18-7-3-6-17(22)12-18)25-13-19-8-4-11-27(19)21-23-9-5-10-24-21/h3-12,14-15,25H,13H2,1-2H3. The summed E-state index contributed by atoms with van der Waals surface area (Å²) in [6.45, 7) is 4.73. The lowest BCUT2D eigenvalue weighted by molar-refractivity contribution is 0.559. The summed E-state index contributed by atoms with van der Waals surface area (Å²) in [7, 11) is 0. The summed E-state index contributed by atoms with van der Waals surface area (Å²) >= 11 is 0. The molecule has 6 nitrogen and oxygen atoms in total. The van der Waals surface area contributed by atoms with Gasteiger partial charge in [-0.15, -0.1) is 0 Å². The number of hydrogen-bond acceptors (Lipinski definition) is 4. The third-order valence-corrected chi connectivity index (χ3v) is 4.76. The molecule has 0 saturated heterocycles. The highest BCUT2D eigenvalue weighted by Gasteiger charge is 2.15. The molecule has 0 aliphatic rings. The van der Waals surface area contributed by atoms with Gasteiger partial charge < -0.3 is 5.32 Å². The first-order valence-electron chi connectivity index (χ1n) is 9.11. The van der Waals surface area contributed by atoms with Crippen molar-refractivity contribution < 1.29 is 4.39 Å². The molecule has 3 aromatic heterocycles. The quantitative estimate of drug-likeness (QED) is 0.557. The zero-order valence-electron chi connectivity index (χ0n) is 15.7. The lowest BCUT2D eigenvalue weighted by Gasteiger charge is -2.15. The maximum Gasteiger partial charge on any atom is 0.233 e. The fraction of sp³-hybridized carbons (Fsp3) is 0.190.